The van der Waals surface area contributed by atoms with Gasteiger partial charge in [-0.25, -0.2) is 4.68 Å². The summed E-state index contributed by atoms with van der Waals surface area (Å²) in [5.41, 5.74) is 6.51. The van der Waals surface area contributed by atoms with Crippen LogP contribution in [0.5, 0.6) is 0 Å². The van der Waals surface area contributed by atoms with E-state index in [0.717, 1.165) is 53.6 Å². The van der Waals surface area contributed by atoms with Gasteiger partial charge < -0.3 is 9.42 Å². The number of amides is 1. The summed E-state index contributed by atoms with van der Waals surface area (Å²) in [6, 6.07) is 18.2. The summed E-state index contributed by atoms with van der Waals surface area (Å²) in [4.78, 5) is 18.0. The van der Waals surface area contributed by atoms with E-state index in [0.29, 0.717) is 18.7 Å². The quantitative estimate of drug-likeness (QED) is 0.446. The van der Waals surface area contributed by atoms with Gasteiger partial charge in [-0.2, -0.15) is 5.10 Å². The summed E-state index contributed by atoms with van der Waals surface area (Å²) in [5.74, 6) is 0.840. The van der Waals surface area contributed by atoms with Crippen LogP contribution in [0.15, 0.2) is 65.3 Å². The molecule has 7 nitrogen and oxygen atoms in total. The molecule has 0 unspecified atom stereocenters. The van der Waals surface area contributed by atoms with E-state index in [1.807, 2.05) is 59.1 Å². The minimum atomic E-state index is 0.0223. The molecule has 0 radical (unpaired) electrons. The number of piperazine rings is 1. The van der Waals surface area contributed by atoms with Crippen LogP contribution in [0.4, 0.5) is 0 Å². The fourth-order valence-electron chi connectivity index (χ4n) is 4.52. The van der Waals surface area contributed by atoms with Crippen molar-refractivity contribution in [3.63, 3.8) is 0 Å². The van der Waals surface area contributed by atoms with Gasteiger partial charge in [0.25, 0.3) is 5.91 Å². The predicted octanol–water partition coefficient (Wildman–Crippen LogP) is 4.41. The second-order valence-corrected chi connectivity index (χ2v) is 8.99. The maximum atomic E-state index is 13.7. The Morgan fingerprint density at radius 2 is 1.74 bits per heavy atom. The van der Waals surface area contributed by atoms with Crippen LogP contribution in [0.2, 0.25) is 0 Å². The number of hydrogen-bond acceptors (Lipinski definition) is 5. The largest absolute Gasteiger partial charge is 0.361 e. The first-order valence-corrected chi connectivity index (χ1v) is 11.6. The maximum absolute atomic E-state index is 13.7. The van der Waals surface area contributed by atoms with Crippen molar-refractivity contribution in [3.8, 4) is 16.9 Å². The Balaban J connectivity index is 1.40. The summed E-state index contributed by atoms with van der Waals surface area (Å²) in [6.45, 7) is 9.70. The topological polar surface area (TPSA) is 67.4 Å². The molecule has 1 saturated heterocycles. The van der Waals surface area contributed by atoms with Crippen LogP contribution in [-0.2, 0) is 6.54 Å². The Morgan fingerprint density at radius 3 is 2.41 bits per heavy atom. The van der Waals surface area contributed by atoms with Gasteiger partial charge in [-0.05, 0) is 38.5 Å². The lowest BCUT2D eigenvalue weighted by atomic mass is 10.00. The molecule has 0 spiro atoms. The third-order valence-corrected chi connectivity index (χ3v) is 6.32. The number of para-hydroxylation sites is 1. The molecule has 34 heavy (non-hydrogen) atoms. The molecule has 1 amide bonds. The fraction of sp³-hybridized carbons (Fsp3) is 0.296. The Morgan fingerprint density at radius 1 is 0.971 bits per heavy atom. The van der Waals surface area contributed by atoms with Crippen molar-refractivity contribution in [1.82, 2.24) is 24.7 Å². The predicted molar refractivity (Wildman–Crippen MR) is 131 cm³/mol. The first kappa shape index (κ1) is 22.1. The van der Waals surface area contributed by atoms with Crippen molar-refractivity contribution in [1.29, 1.82) is 0 Å². The van der Waals surface area contributed by atoms with E-state index in [-0.39, 0.29) is 5.91 Å². The summed E-state index contributed by atoms with van der Waals surface area (Å²) in [6.07, 6.45) is 1.87. The molecular weight excluding hydrogens is 426 g/mol. The molecule has 4 aromatic rings. The van der Waals surface area contributed by atoms with Crippen molar-refractivity contribution in [2.75, 3.05) is 26.2 Å². The van der Waals surface area contributed by atoms with Crippen molar-refractivity contribution in [3.05, 3.63) is 88.9 Å². The van der Waals surface area contributed by atoms with Crippen LogP contribution in [0.1, 0.15) is 32.9 Å². The molecule has 7 heteroatoms. The highest BCUT2D eigenvalue weighted by Crippen LogP contribution is 2.29. The summed E-state index contributed by atoms with van der Waals surface area (Å²) >= 11 is 0. The highest BCUT2D eigenvalue weighted by Gasteiger charge is 2.27. The zero-order valence-corrected chi connectivity index (χ0v) is 19.9. The minimum Gasteiger partial charge on any atom is -0.361 e. The molecule has 1 aliphatic rings. The van der Waals surface area contributed by atoms with Crippen LogP contribution in [0.25, 0.3) is 16.9 Å². The number of hydrogen-bond donors (Lipinski definition) is 0. The summed E-state index contributed by atoms with van der Waals surface area (Å²) in [7, 11) is 0. The third-order valence-electron chi connectivity index (χ3n) is 6.32. The molecule has 0 atom stereocenters. The van der Waals surface area contributed by atoms with E-state index < -0.39 is 0 Å². The second kappa shape index (κ2) is 9.27. The number of carbonyl (C=O) groups is 1. The molecule has 1 aliphatic heterocycles. The maximum Gasteiger partial charge on any atom is 0.257 e. The van der Waals surface area contributed by atoms with Crippen LogP contribution >= 0.6 is 0 Å². The second-order valence-electron chi connectivity index (χ2n) is 8.99. The molecule has 0 saturated carbocycles. The number of aromatic nitrogens is 3. The lowest BCUT2D eigenvalue weighted by molar-refractivity contribution is 0.0626. The third kappa shape index (κ3) is 4.52. The van der Waals surface area contributed by atoms with E-state index >= 15 is 0 Å². The monoisotopic (exact) mass is 455 g/mol. The number of rotatable bonds is 5. The summed E-state index contributed by atoms with van der Waals surface area (Å²) < 4.78 is 6.99. The molecule has 3 heterocycles. The first-order chi connectivity index (χ1) is 16.5. The van der Waals surface area contributed by atoms with Gasteiger partial charge in [0.2, 0.25) is 0 Å². The molecule has 1 fully saturated rings. The van der Waals surface area contributed by atoms with Gasteiger partial charge in [-0.1, -0.05) is 47.1 Å². The molecule has 0 bridgehead atoms. The molecular formula is C27H29N5O2. The molecule has 5 rings (SSSR count). The van der Waals surface area contributed by atoms with Crippen LogP contribution in [0.3, 0.4) is 0 Å². The van der Waals surface area contributed by atoms with E-state index in [4.69, 9.17) is 9.62 Å². The summed E-state index contributed by atoms with van der Waals surface area (Å²) in [5, 5.41) is 8.96. The van der Waals surface area contributed by atoms with Crippen LogP contribution in [0, 0.1) is 20.8 Å². The van der Waals surface area contributed by atoms with Gasteiger partial charge >= 0.3 is 0 Å². The number of carbonyl (C=O) groups excluding carboxylic acids is 1. The zero-order chi connectivity index (χ0) is 23.7. The number of nitrogens with zero attached hydrogens (tertiary/aromatic N) is 5. The Labute approximate surface area is 199 Å². The molecule has 0 N–H and O–H groups in total. The lowest BCUT2D eigenvalue weighted by Gasteiger charge is -2.34. The number of benzene rings is 2. The average molecular weight is 456 g/mol. The molecule has 2 aromatic carbocycles. The van der Waals surface area contributed by atoms with Gasteiger partial charge in [0.05, 0.1) is 16.9 Å². The standard InChI is InChI=1S/C27H29N5O2/c1-19-9-10-24(20(2)15-19)26-25(18-32(28-26)23-7-5-4-6-8-23)27(33)31-13-11-30(12-14-31)17-22-16-21(3)34-29-22/h4-10,15-16,18H,11-14,17H2,1-3H3. The first-order valence-electron chi connectivity index (χ1n) is 11.6. The van der Waals surface area contributed by atoms with Crippen molar-refractivity contribution in [2.45, 2.75) is 27.3 Å². The van der Waals surface area contributed by atoms with Crippen molar-refractivity contribution in [2.24, 2.45) is 0 Å². The lowest BCUT2D eigenvalue weighted by Crippen LogP contribution is -2.48. The van der Waals surface area contributed by atoms with E-state index in [1.54, 1.807) is 0 Å². The zero-order valence-electron chi connectivity index (χ0n) is 19.9. The normalized spacial score (nSPS) is 14.5. The van der Waals surface area contributed by atoms with Gasteiger partial charge in [-0.3, -0.25) is 9.69 Å². The van der Waals surface area contributed by atoms with E-state index in [2.05, 4.69) is 42.1 Å². The Kier molecular flexibility index (Phi) is 6.02. The van der Waals surface area contributed by atoms with Crippen LogP contribution in [-0.4, -0.2) is 56.8 Å². The Bertz CT molecular complexity index is 1300. The molecule has 174 valence electrons. The highest BCUT2D eigenvalue weighted by atomic mass is 16.5. The van der Waals surface area contributed by atoms with Gasteiger partial charge in [0.1, 0.15) is 11.5 Å². The van der Waals surface area contributed by atoms with E-state index in [9.17, 15) is 4.79 Å². The van der Waals surface area contributed by atoms with E-state index in [1.165, 1.54) is 5.56 Å². The van der Waals surface area contributed by atoms with Gasteiger partial charge in [0, 0.05) is 50.6 Å². The van der Waals surface area contributed by atoms with Crippen molar-refractivity contribution >= 4 is 5.91 Å². The smallest absolute Gasteiger partial charge is 0.257 e. The minimum absolute atomic E-state index is 0.0223. The Hall–Kier alpha value is -3.71. The SMILES string of the molecule is Cc1ccc(-c2nn(-c3ccccc3)cc2C(=O)N2CCN(Cc3cc(C)on3)CC2)c(C)c1. The average Bonchev–Trinajstić information content (AvgIpc) is 3.46. The van der Waals surface area contributed by atoms with Gasteiger partial charge in [-0.15, -0.1) is 0 Å². The molecule has 0 aliphatic carbocycles. The fourth-order valence-corrected chi connectivity index (χ4v) is 4.52. The molecule has 2 aromatic heterocycles. The van der Waals surface area contributed by atoms with Gasteiger partial charge in [0.15, 0.2) is 0 Å². The van der Waals surface area contributed by atoms with Crippen LogP contribution < -0.4 is 0 Å². The number of aryl methyl sites for hydroxylation is 3. The van der Waals surface area contributed by atoms with Crippen molar-refractivity contribution < 1.29 is 9.32 Å². The highest BCUT2D eigenvalue weighted by molar-refractivity contribution is 6.00.